The number of hydrogen-bond donors (Lipinski definition) is 2. The van der Waals surface area contributed by atoms with Gasteiger partial charge in [-0.3, -0.25) is 0 Å². The van der Waals surface area contributed by atoms with Crippen molar-refractivity contribution in [1.82, 2.24) is 0 Å². The van der Waals surface area contributed by atoms with Crippen molar-refractivity contribution in [2.45, 2.75) is 5.85 Å². The van der Waals surface area contributed by atoms with Crippen LogP contribution in [0.4, 0.5) is 0 Å². The number of aliphatic imine (C=N–C) groups is 2. The van der Waals surface area contributed by atoms with Gasteiger partial charge in [-0.25, -0.2) is 9.59 Å². The fraction of sp³-hybridized carbons (Fsp3) is 0.750. The highest BCUT2D eigenvalue weighted by atomic mass is 16.5. The van der Waals surface area contributed by atoms with E-state index in [1.54, 1.807) is 0 Å². The van der Waals surface area contributed by atoms with E-state index in [0.717, 1.165) is 12.2 Å². The van der Waals surface area contributed by atoms with Crippen molar-refractivity contribution in [3.8, 4) is 0 Å². The molecule has 90 valence electrons. The lowest BCUT2D eigenvalue weighted by atomic mass is 10.5. The molecule has 0 aliphatic carbocycles. The number of isocyanates is 2. The topological polar surface area (TPSA) is 118 Å². The molecule has 0 bridgehead atoms. The van der Waals surface area contributed by atoms with Gasteiger partial charge in [0.1, 0.15) is 6.61 Å². The summed E-state index contributed by atoms with van der Waals surface area (Å²) in [6, 6.07) is 0. The fourth-order valence-corrected chi connectivity index (χ4v) is 0.729. The minimum absolute atomic E-state index is 0.0884. The third kappa shape index (κ3) is 6.97. The van der Waals surface area contributed by atoms with Crippen molar-refractivity contribution in [2.24, 2.45) is 9.98 Å². The molecule has 0 aromatic heterocycles. The summed E-state index contributed by atoms with van der Waals surface area (Å²) in [5, 5.41) is 17.7. The van der Waals surface area contributed by atoms with E-state index in [1.165, 1.54) is 0 Å². The molecule has 0 aliphatic heterocycles. The maximum absolute atomic E-state index is 9.92. The van der Waals surface area contributed by atoms with Crippen molar-refractivity contribution in [3.05, 3.63) is 0 Å². The number of nitrogens with zero attached hydrogens (tertiary/aromatic N) is 2. The summed E-state index contributed by atoms with van der Waals surface area (Å²) in [5.74, 6) is -2.28. The number of aliphatic hydroxyl groups is 2. The smallest absolute Gasteiger partial charge is 0.299 e. The van der Waals surface area contributed by atoms with E-state index < -0.39 is 12.5 Å². The van der Waals surface area contributed by atoms with Crippen molar-refractivity contribution < 1.29 is 29.3 Å². The van der Waals surface area contributed by atoms with Gasteiger partial charge in [0, 0.05) is 0 Å². The van der Waals surface area contributed by atoms with Gasteiger partial charge in [0.25, 0.3) is 5.85 Å². The van der Waals surface area contributed by atoms with E-state index in [-0.39, 0.29) is 26.4 Å². The largest absolute Gasteiger partial charge is 0.394 e. The van der Waals surface area contributed by atoms with E-state index >= 15 is 0 Å². The zero-order valence-electron chi connectivity index (χ0n) is 8.46. The maximum atomic E-state index is 9.92. The molecule has 16 heavy (non-hydrogen) atoms. The molecule has 2 N–H and O–H groups in total. The van der Waals surface area contributed by atoms with Gasteiger partial charge in [-0.15, -0.1) is 9.98 Å². The molecule has 0 heterocycles. The third-order valence-electron chi connectivity index (χ3n) is 1.35. The van der Waals surface area contributed by atoms with Crippen molar-refractivity contribution in [2.75, 3.05) is 33.0 Å². The van der Waals surface area contributed by atoms with Gasteiger partial charge in [0.2, 0.25) is 12.2 Å². The summed E-state index contributed by atoms with van der Waals surface area (Å²) in [5.41, 5.74) is 0. The van der Waals surface area contributed by atoms with Crippen LogP contribution < -0.4 is 0 Å². The second-order valence-corrected chi connectivity index (χ2v) is 2.57. The second kappa shape index (κ2) is 8.87. The lowest BCUT2D eigenvalue weighted by molar-refractivity contribution is -0.0496. The van der Waals surface area contributed by atoms with Crippen LogP contribution in [0.3, 0.4) is 0 Å². The van der Waals surface area contributed by atoms with E-state index in [9.17, 15) is 14.7 Å². The zero-order valence-corrected chi connectivity index (χ0v) is 8.46. The average molecular weight is 232 g/mol. The molecule has 0 aromatic rings. The number of ether oxygens (including phenoxy) is 2. The minimum atomic E-state index is -2.28. The van der Waals surface area contributed by atoms with Gasteiger partial charge < -0.3 is 19.7 Å². The Hall–Kier alpha value is -1.40. The Bertz CT molecular complexity index is 264. The molecule has 0 radical (unpaired) electrons. The van der Waals surface area contributed by atoms with Crippen LogP contribution in [0.2, 0.25) is 0 Å². The van der Waals surface area contributed by atoms with Crippen LogP contribution in [-0.2, 0) is 19.1 Å². The first-order chi connectivity index (χ1) is 7.68. The number of carbonyl (C=O) groups excluding carboxylic acids is 2. The molecular weight excluding hydrogens is 220 g/mol. The number of aliphatic hydroxyl groups excluding tert-OH is 1. The van der Waals surface area contributed by atoms with Crippen molar-refractivity contribution in [3.63, 3.8) is 0 Å². The zero-order chi connectivity index (χ0) is 12.3. The molecule has 0 rings (SSSR count). The van der Waals surface area contributed by atoms with E-state index in [2.05, 4.69) is 9.98 Å². The van der Waals surface area contributed by atoms with Crippen molar-refractivity contribution >= 4 is 12.2 Å². The first kappa shape index (κ1) is 14.6. The molecule has 8 heteroatoms. The van der Waals surface area contributed by atoms with Crippen LogP contribution in [-0.4, -0.2) is 61.3 Å². The summed E-state index contributed by atoms with van der Waals surface area (Å²) in [6.45, 7) is -0.140. The number of rotatable bonds is 9. The summed E-state index contributed by atoms with van der Waals surface area (Å²) >= 11 is 0. The molecule has 0 fully saturated rings. The van der Waals surface area contributed by atoms with E-state index in [1.807, 2.05) is 0 Å². The summed E-state index contributed by atoms with van der Waals surface area (Å²) in [7, 11) is 0. The first-order valence-corrected chi connectivity index (χ1v) is 4.35. The third-order valence-corrected chi connectivity index (χ3v) is 1.35. The minimum Gasteiger partial charge on any atom is -0.394 e. The highest BCUT2D eigenvalue weighted by Gasteiger charge is 2.25. The average Bonchev–Trinajstić information content (AvgIpc) is 2.24. The Morgan fingerprint density at radius 3 is 2.12 bits per heavy atom. The lowest BCUT2D eigenvalue weighted by Gasteiger charge is -2.14. The van der Waals surface area contributed by atoms with Gasteiger partial charge in [-0.05, 0) is 0 Å². The molecule has 0 saturated heterocycles. The molecule has 0 unspecified atom stereocenters. The Morgan fingerprint density at radius 2 is 1.62 bits per heavy atom. The normalized spacial score (nSPS) is 13.4. The van der Waals surface area contributed by atoms with Gasteiger partial charge >= 0.3 is 0 Å². The molecular formula is C8H12N2O6. The summed E-state index contributed by atoms with van der Waals surface area (Å²) in [4.78, 5) is 25.6. The predicted molar refractivity (Wildman–Crippen MR) is 49.9 cm³/mol. The van der Waals surface area contributed by atoms with Crippen LogP contribution in [0.1, 0.15) is 0 Å². The van der Waals surface area contributed by atoms with Gasteiger partial charge in [-0.2, -0.15) is 0 Å². The summed E-state index contributed by atoms with van der Waals surface area (Å²) < 4.78 is 9.69. The maximum Gasteiger partial charge on any atom is 0.299 e. The van der Waals surface area contributed by atoms with Crippen LogP contribution in [0.5, 0.6) is 0 Å². The molecule has 0 saturated carbocycles. The first-order valence-electron chi connectivity index (χ1n) is 4.35. The molecule has 0 atom stereocenters. The predicted octanol–water partition coefficient (Wildman–Crippen LogP) is -1.67. The van der Waals surface area contributed by atoms with Crippen LogP contribution in [0.25, 0.3) is 0 Å². The van der Waals surface area contributed by atoms with Gasteiger partial charge in [-0.1, -0.05) is 0 Å². The number of hydrogen-bond acceptors (Lipinski definition) is 8. The molecule has 0 spiro atoms. The second-order valence-electron chi connectivity index (χ2n) is 2.57. The molecule has 8 nitrogen and oxygen atoms in total. The van der Waals surface area contributed by atoms with Crippen LogP contribution in [0.15, 0.2) is 9.98 Å². The Labute approximate surface area is 91.2 Å². The van der Waals surface area contributed by atoms with E-state index in [0.29, 0.717) is 0 Å². The Kier molecular flexibility index (Phi) is 8.10. The Morgan fingerprint density at radius 1 is 1.06 bits per heavy atom. The summed E-state index contributed by atoms with van der Waals surface area (Å²) in [6.07, 6.45) is 2.12. The van der Waals surface area contributed by atoms with Gasteiger partial charge in [0.15, 0.2) is 0 Å². The molecule has 0 aromatic carbocycles. The highest BCUT2D eigenvalue weighted by Crippen LogP contribution is 2.07. The lowest BCUT2D eigenvalue weighted by Crippen LogP contribution is -2.30. The van der Waals surface area contributed by atoms with Gasteiger partial charge in [0.05, 0.1) is 26.4 Å². The van der Waals surface area contributed by atoms with Crippen LogP contribution >= 0.6 is 0 Å². The SMILES string of the molecule is O=C=NC(O)(COCCOCCO)N=C=O. The highest BCUT2D eigenvalue weighted by molar-refractivity contribution is 5.37. The molecule has 0 aliphatic rings. The van der Waals surface area contributed by atoms with Crippen LogP contribution in [0, 0.1) is 0 Å². The quantitative estimate of drug-likeness (QED) is 0.279. The fourth-order valence-electron chi connectivity index (χ4n) is 0.729. The van der Waals surface area contributed by atoms with Crippen molar-refractivity contribution in [1.29, 1.82) is 0 Å². The monoisotopic (exact) mass is 232 g/mol. The standard InChI is InChI=1S/C8H12N2O6/c11-1-2-15-3-4-16-5-8(14,9-6-12)10-7-13/h11,14H,1-5H2. The van der Waals surface area contributed by atoms with E-state index in [4.69, 9.17) is 14.6 Å². The molecule has 0 amide bonds. The Balaban J connectivity index is 3.86.